The van der Waals surface area contributed by atoms with E-state index in [1.165, 1.54) is 18.2 Å². The second kappa shape index (κ2) is 8.31. The Labute approximate surface area is 161 Å². The summed E-state index contributed by atoms with van der Waals surface area (Å²) in [7, 11) is 0. The van der Waals surface area contributed by atoms with Crippen molar-refractivity contribution >= 4 is 17.5 Å². The van der Waals surface area contributed by atoms with Crippen LogP contribution in [0.3, 0.4) is 0 Å². The minimum Gasteiger partial charge on any atom is -0.376 e. The van der Waals surface area contributed by atoms with Crippen LogP contribution in [-0.4, -0.2) is 29.2 Å². The summed E-state index contributed by atoms with van der Waals surface area (Å²) in [6.07, 6.45) is 2.18. The number of nitrogens with zero attached hydrogens (tertiary/aromatic N) is 2. The Morgan fingerprint density at radius 1 is 1.00 bits per heavy atom. The number of halogens is 2. The first-order valence-electron chi connectivity index (χ1n) is 9.20. The van der Waals surface area contributed by atoms with Crippen LogP contribution in [0.25, 0.3) is 11.3 Å². The van der Waals surface area contributed by atoms with Crippen molar-refractivity contribution in [3.8, 4) is 11.3 Å². The lowest BCUT2D eigenvalue weighted by atomic mass is 10.1. The smallest absolute Gasteiger partial charge is 0.229 e. The zero-order chi connectivity index (χ0) is 19.3. The van der Waals surface area contributed by atoms with Gasteiger partial charge in [-0.05, 0) is 25.0 Å². The number of benzene rings is 2. The van der Waals surface area contributed by atoms with Crippen molar-refractivity contribution in [1.29, 1.82) is 0 Å². The van der Waals surface area contributed by atoms with Gasteiger partial charge in [-0.2, -0.15) is 4.98 Å². The summed E-state index contributed by atoms with van der Waals surface area (Å²) in [4.78, 5) is 8.81. The quantitative estimate of drug-likeness (QED) is 0.644. The first-order chi connectivity index (χ1) is 13.7. The SMILES string of the molecule is Fc1cccc(F)c1Nc1nc(NCC2CCCO2)cc(-c2ccccc2)n1. The minimum atomic E-state index is -0.706. The molecule has 0 aliphatic carbocycles. The van der Waals surface area contributed by atoms with Gasteiger partial charge >= 0.3 is 0 Å². The van der Waals surface area contributed by atoms with Gasteiger partial charge in [-0.1, -0.05) is 36.4 Å². The molecule has 2 heterocycles. The van der Waals surface area contributed by atoms with Gasteiger partial charge in [-0.15, -0.1) is 0 Å². The van der Waals surface area contributed by atoms with E-state index in [1.807, 2.05) is 36.4 Å². The number of anilines is 3. The number of nitrogens with one attached hydrogen (secondary N) is 2. The molecule has 1 unspecified atom stereocenters. The molecule has 0 radical (unpaired) electrons. The van der Waals surface area contributed by atoms with Crippen LogP contribution in [0, 0.1) is 11.6 Å². The summed E-state index contributed by atoms with van der Waals surface area (Å²) < 4.78 is 33.7. The lowest BCUT2D eigenvalue weighted by Crippen LogP contribution is -2.19. The monoisotopic (exact) mass is 382 g/mol. The van der Waals surface area contributed by atoms with Gasteiger partial charge in [0.25, 0.3) is 0 Å². The summed E-state index contributed by atoms with van der Waals surface area (Å²) in [5.41, 5.74) is 1.24. The molecule has 1 aromatic heterocycles. The Morgan fingerprint density at radius 3 is 2.50 bits per heavy atom. The van der Waals surface area contributed by atoms with Crippen LogP contribution in [0.15, 0.2) is 54.6 Å². The van der Waals surface area contributed by atoms with Gasteiger partial charge in [-0.25, -0.2) is 13.8 Å². The zero-order valence-electron chi connectivity index (χ0n) is 15.2. The average molecular weight is 382 g/mol. The fourth-order valence-corrected chi connectivity index (χ4v) is 3.10. The van der Waals surface area contributed by atoms with Crippen molar-refractivity contribution in [3.63, 3.8) is 0 Å². The zero-order valence-corrected chi connectivity index (χ0v) is 15.2. The molecule has 0 amide bonds. The largest absolute Gasteiger partial charge is 0.376 e. The highest BCUT2D eigenvalue weighted by molar-refractivity contribution is 5.66. The highest BCUT2D eigenvalue weighted by Crippen LogP contribution is 2.26. The third kappa shape index (κ3) is 4.26. The third-order valence-electron chi connectivity index (χ3n) is 4.53. The second-order valence-electron chi connectivity index (χ2n) is 6.57. The van der Waals surface area contributed by atoms with Crippen LogP contribution in [0.5, 0.6) is 0 Å². The number of rotatable bonds is 6. The van der Waals surface area contributed by atoms with Crippen LogP contribution in [0.4, 0.5) is 26.2 Å². The lowest BCUT2D eigenvalue weighted by Gasteiger charge is -2.14. The molecule has 2 N–H and O–H groups in total. The Balaban J connectivity index is 1.65. The van der Waals surface area contributed by atoms with Crippen LogP contribution in [0.2, 0.25) is 0 Å². The molecule has 0 bridgehead atoms. The van der Waals surface area contributed by atoms with Gasteiger partial charge in [-0.3, -0.25) is 0 Å². The maximum Gasteiger partial charge on any atom is 0.229 e. The van der Waals surface area contributed by atoms with Gasteiger partial charge in [0.1, 0.15) is 23.1 Å². The van der Waals surface area contributed by atoms with E-state index in [2.05, 4.69) is 20.6 Å². The summed E-state index contributed by atoms with van der Waals surface area (Å²) in [5.74, 6) is -0.742. The average Bonchev–Trinajstić information content (AvgIpc) is 3.24. The molecular weight excluding hydrogens is 362 g/mol. The maximum absolute atomic E-state index is 14.0. The van der Waals surface area contributed by atoms with E-state index in [0.717, 1.165) is 25.0 Å². The topological polar surface area (TPSA) is 59.1 Å². The highest BCUT2D eigenvalue weighted by atomic mass is 19.1. The van der Waals surface area contributed by atoms with Crippen LogP contribution in [0.1, 0.15) is 12.8 Å². The van der Waals surface area contributed by atoms with Crippen molar-refractivity contribution in [3.05, 3.63) is 66.2 Å². The summed E-state index contributed by atoms with van der Waals surface area (Å²) in [5, 5.41) is 5.92. The van der Waals surface area contributed by atoms with Gasteiger partial charge < -0.3 is 15.4 Å². The Morgan fingerprint density at radius 2 is 1.79 bits per heavy atom. The predicted molar refractivity (Wildman–Crippen MR) is 105 cm³/mol. The summed E-state index contributed by atoms with van der Waals surface area (Å²) in [6, 6.07) is 15.0. The van der Waals surface area contributed by atoms with E-state index in [-0.39, 0.29) is 17.7 Å². The Hall–Kier alpha value is -3.06. The third-order valence-corrected chi connectivity index (χ3v) is 4.53. The Kier molecular flexibility index (Phi) is 5.43. The number of para-hydroxylation sites is 1. The first-order valence-corrected chi connectivity index (χ1v) is 9.20. The summed E-state index contributed by atoms with van der Waals surface area (Å²) in [6.45, 7) is 1.38. The first kappa shape index (κ1) is 18.3. The molecule has 28 heavy (non-hydrogen) atoms. The van der Waals surface area contributed by atoms with Gasteiger partial charge in [0.05, 0.1) is 11.8 Å². The van der Waals surface area contributed by atoms with E-state index >= 15 is 0 Å². The number of hydrogen-bond donors (Lipinski definition) is 2. The van der Waals surface area contributed by atoms with E-state index in [1.54, 1.807) is 0 Å². The van der Waals surface area contributed by atoms with E-state index in [0.29, 0.717) is 18.1 Å². The number of hydrogen-bond acceptors (Lipinski definition) is 5. The number of aromatic nitrogens is 2. The molecule has 3 aromatic rings. The molecule has 0 saturated carbocycles. The van der Waals surface area contributed by atoms with Crippen LogP contribution >= 0.6 is 0 Å². The summed E-state index contributed by atoms with van der Waals surface area (Å²) >= 11 is 0. The van der Waals surface area contributed by atoms with Crippen LogP contribution < -0.4 is 10.6 Å². The number of ether oxygens (including phenoxy) is 1. The van der Waals surface area contributed by atoms with Crippen LogP contribution in [-0.2, 0) is 4.74 Å². The van der Waals surface area contributed by atoms with Gasteiger partial charge in [0.15, 0.2) is 0 Å². The predicted octanol–water partition coefficient (Wildman–Crippen LogP) is 4.76. The molecule has 2 aromatic carbocycles. The van der Waals surface area contributed by atoms with Crippen molar-refractivity contribution in [2.75, 3.05) is 23.8 Å². The molecule has 1 atom stereocenters. The standard InChI is InChI=1S/C21H20F2N4O/c22-16-9-4-10-17(23)20(16)27-21-25-18(14-6-2-1-3-7-14)12-19(26-21)24-13-15-8-5-11-28-15/h1-4,6-7,9-10,12,15H,5,8,11,13H2,(H2,24,25,26,27). The van der Waals surface area contributed by atoms with E-state index in [9.17, 15) is 8.78 Å². The Bertz CT molecular complexity index is 926. The lowest BCUT2D eigenvalue weighted by molar-refractivity contribution is 0.120. The second-order valence-corrected chi connectivity index (χ2v) is 6.57. The van der Waals surface area contributed by atoms with E-state index in [4.69, 9.17) is 4.74 Å². The molecule has 1 aliphatic rings. The molecule has 0 spiro atoms. The molecule has 5 nitrogen and oxygen atoms in total. The van der Waals surface area contributed by atoms with Gasteiger partial charge in [0.2, 0.25) is 5.95 Å². The molecular formula is C21H20F2N4O. The van der Waals surface area contributed by atoms with Crippen molar-refractivity contribution in [2.24, 2.45) is 0 Å². The maximum atomic E-state index is 14.0. The van der Waals surface area contributed by atoms with Crippen molar-refractivity contribution < 1.29 is 13.5 Å². The van der Waals surface area contributed by atoms with Crippen molar-refractivity contribution in [1.82, 2.24) is 9.97 Å². The molecule has 1 aliphatic heterocycles. The molecule has 4 rings (SSSR count). The highest BCUT2D eigenvalue weighted by Gasteiger charge is 2.16. The molecule has 144 valence electrons. The van der Waals surface area contributed by atoms with Crippen molar-refractivity contribution in [2.45, 2.75) is 18.9 Å². The minimum absolute atomic E-state index is 0.111. The van der Waals surface area contributed by atoms with Gasteiger partial charge in [0, 0.05) is 24.8 Å². The fourth-order valence-electron chi connectivity index (χ4n) is 3.10. The molecule has 1 saturated heterocycles. The molecule has 7 heteroatoms. The normalized spacial score (nSPS) is 16.1. The fraction of sp³-hybridized carbons (Fsp3) is 0.238. The molecule has 1 fully saturated rings. The van der Waals surface area contributed by atoms with E-state index < -0.39 is 11.6 Å².